The second kappa shape index (κ2) is 5.19. The fraction of sp³-hybridized carbons (Fsp3) is 0.0769. The van der Waals surface area contributed by atoms with Gasteiger partial charge in [-0.3, -0.25) is 0 Å². The Hall–Kier alpha value is -3.12. The van der Waals surface area contributed by atoms with Gasteiger partial charge in [0.05, 0.1) is 0 Å². The quantitative estimate of drug-likeness (QED) is 0.318. The molecule has 6 rings (SSSR count). The number of fused-ring (bicyclic) bond motifs is 7. The zero-order chi connectivity index (χ0) is 17.1. The van der Waals surface area contributed by atoms with E-state index in [1.807, 2.05) is 0 Å². The predicted molar refractivity (Wildman–Crippen MR) is 111 cm³/mol. The van der Waals surface area contributed by atoms with Crippen molar-refractivity contribution in [2.24, 2.45) is 0 Å². The van der Waals surface area contributed by atoms with Crippen molar-refractivity contribution in [3.05, 3.63) is 108 Å². The van der Waals surface area contributed by atoms with Crippen LogP contribution in [0, 0.1) is 0 Å². The number of rotatable bonds is 1. The molecule has 0 heterocycles. The molecule has 2 aliphatic carbocycles. The molecule has 0 bridgehead atoms. The van der Waals surface area contributed by atoms with Gasteiger partial charge in [0.25, 0.3) is 0 Å². The molecular formula is C26H18. The second-order valence-electron chi connectivity index (χ2n) is 7.37. The fourth-order valence-electron chi connectivity index (χ4n) is 4.65. The summed E-state index contributed by atoms with van der Waals surface area (Å²) in [4.78, 5) is 0. The van der Waals surface area contributed by atoms with Gasteiger partial charge < -0.3 is 0 Å². The average Bonchev–Trinajstić information content (AvgIpc) is 3.35. The molecule has 0 radical (unpaired) electrons. The Kier molecular flexibility index (Phi) is 2.81. The summed E-state index contributed by atoms with van der Waals surface area (Å²) in [5, 5.41) is 5.43. The molecule has 0 unspecified atom stereocenters. The molecule has 0 spiro atoms. The van der Waals surface area contributed by atoms with Crippen molar-refractivity contribution in [1.29, 1.82) is 0 Å². The highest BCUT2D eigenvalue weighted by Crippen LogP contribution is 2.45. The summed E-state index contributed by atoms with van der Waals surface area (Å²) in [6.07, 6.45) is 9.88. The van der Waals surface area contributed by atoms with E-state index in [4.69, 9.17) is 0 Å². The molecule has 4 aromatic carbocycles. The van der Waals surface area contributed by atoms with Crippen molar-refractivity contribution in [1.82, 2.24) is 0 Å². The van der Waals surface area contributed by atoms with E-state index < -0.39 is 0 Å². The van der Waals surface area contributed by atoms with E-state index in [0.717, 1.165) is 6.42 Å². The molecule has 0 saturated heterocycles. The summed E-state index contributed by atoms with van der Waals surface area (Å²) < 4.78 is 0. The smallest absolute Gasteiger partial charge is 0.0205 e. The summed E-state index contributed by atoms with van der Waals surface area (Å²) in [5.74, 6) is 0.406. The minimum absolute atomic E-state index is 0.406. The molecule has 0 saturated carbocycles. The van der Waals surface area contributed by atoms with Gasteiger partial charge in [-0.05, 0) is 61.8 Å². The molecule has 2 aliphatic rings. The van der Waals surface area contributed by atoms with Crippen LogP contribution in [0.25, 0.3) is 32.7 Å². The largest absolute Gasteiger partial charge is 0.0732 e. The standard InChI is InChI=1S/C26H18/c1-2-6-17(5-1)20-12-9-19-11-14-22-15-21-13-10-18-7-3-4-8-23(18)25(21)26(22)24(19)16-20/h1-14,16-17H,15H2. The first-order valence-corrected chi connectivity index (χ1v) is 9.30. The molecule has 0 N–H and O–H groups in total. The van der Waals surface area contributed by atoms with Crippen LogP contribution in [0.4, 0.5) is 0 Å². The highest BCUT2D eigenvalue weighted by molar-refractivity contribution is 6.09. The van der Waals surface area contributed by atoms with Crippen LogP contribution in [0.15, 0.2) is 91.0 Å². The Morgan fingerprint density at radius 2 is 1.27 bits per heavy atom. The molecule has 122 valence electrons. The van der Waals surface area contributed by atoms with E-state index in [0.29, 0.717) is 5.92 Å². The lowest BCUT2D eigenvalue weighted by molar-refractivity contribution is 1.11. The van der Waals surface area contributed by atoms with Gasteiger partial charge in [-0.25, -0.2) is 0 Å². The van der Waals surface area contributed by atoms with E-state index in [9.17, 15) is 0 Å². The number of hydrogen-bond acceptors (Lipinski definition) is 0. The molecular weight excluding hydrogens is 312 g/mol. The van der Waals surface area contributed by atoms with Crippen molar-refractivity contribution in [2.45, 2.75) is 12.3 Å². The van der Waals surface area contributed by atoms with Crippen LogP contribution in [0.3, 0.4) is 0 Å². The van der Waals surface area contributed by atoms with Crippen LogP contribution in [0.1, 0.15) is 22.6 Å². The van der Waals surface area contributed by atoms with Crippen LogP contribution in [-0.2, 0) is 6.42 Å². The third-order valence-corrected chi connectivity index (χ3v) is 5.91. The minimum Gasteiger partial charge on any atom is -0.0732 e. The maximum atomic E-state index is 2.41. The topological polar surface area (TPSA) is 0 Å². The van der Waals surface area contributed by atoms with Crippen molar-refractivity contribution < 1.29 is 0 Å². The second-order valence-corrected chi connectivity index (χ2v) is 7.37. The van der Waals surface area contributed by atoms with Crippen LogP contribution in [-0.4, -0.2) is 0 Å². The summed E-state index contributed by atoms with van der Waals surface area (Å²) in [5.41, 5.74) is 7.18. The third-order valence-electron chi connectivity index (χ3n) is 5.91. The van der Waals surface area contributed by atoms with Crippen molar-refractivity contribution in [2.75, 3.05) is 0 Å². The van der Waals surface area contributed by atoms with Gasteiger partial charge in [0, 0.05) is 5.92 Å². The Balaban J connectivity index is 1.70. The van der Waals surface area contributed by atoms with Gasteiger partial charge in [0.15, 0.2) is 0 Å². The SMILES string of the molecule is C1=CC(c2ccc3ccc4c(c3c2)-c2c(ccc3ccccc23)C4)C=C1. The van der Waals surface area contributed by atoms with Crippen LogP contribution in [0.2, 0.25) is 0 Å². The minimum atomic E-state index is 0.406. The molecule has 26 heavy (non-hydrogen) atoms. The molecule has 0 nitrogen and oxygen atoms in total. The summed E-state index contributed by atoms with van der Waals surface area (Å²) in [7, 11) is 0. The molecule has 4 aromatic rings. The van der Waals surface area contributed by atoms with Gasteiger partial charge in [-0.2, -0.15) is 0 Å². The number of allylic oxidation sites excluding steroid dienone is 4. The van der Waals surface area contributed by atoms with Gasteiger partial charge in [0.1, 0.15) is 0 Å². The van der Waals surface area contributed by atoms with E-state index in [1.54, 1.807) is 0 Å². The molecule has 0 amide bonds. The monoisotopic (exact) mass is 330 g/mol. The lowest BCUT2D eigenvalue weighted by Crippen LogP contribution is -1.91. The Morgan fingerprint density at radius 3 is 2.08 bits per heavy atom. The Morgan fingerprint density at radius 1 is 0.615 bits per heavy atom. The van der Waals surface area contributed by atoms with Gasteiger partial charge in [0.2, 0.25) is 0 Å². The first-order valence-electron chi connectivity index (χ1n) is 9.30. The molecule has 0 atom stereocenters. The third kappa shape index (κ3) is 1.90. The van der Waals surface area contributed by atoms with Crippen molar-refractivity contribution >= 4 is 21.5 Å². The van der Waals surface area contributed by atoms with Gasteiger partial charge in [-0.15, -0.1) is 0 Å². The first-order chi connectivity index (χ1) is 12.9. The Bertz CT molecular complexity index is 1240. The van der Waals surface area contributed by atoms with Gasteiger partial charge in [-0.1, -0.05) is 85.0 Å². The average molecular weight is 330 g/mol. The summed E-state index contributed by atoms with van der Waals surface area (Å²) in [6.45, 7) is 0. The normalized spacial score (nSPS) is 15.1. The van der Waals surface area contributed by atoms with Crippen molar-refractivity contribution in [3.8, 4) is 11.1 Å². The molecule has 0 fully saturated rings. The summed E-state index contributed by atoms with van der Waals surface area (Å²) in [6, 6.07) is 24.9. The van der Waals surface area contributed by atoms with Crippen LogP contribution < -0.4 is 0 Å². The lowest BCUT2D eigenvalue weighted by Gasteiger charge is -2.13. The van der Waals surface area contributed by atoms with Crippen molar-refractivity contribution in [3.63, 3.8) is 0 Å². The maximum Gasteiger partial charge on any atom is 0.0205 e. The number of hydrogen-bond donors (Lipinski definition) is 0. The zero-order valence-electron chi connectivity index (χ0n) is 14.4. The van der Waals surface area contributed by atoms with Crippen LogP contribution >= 0.6 is 0 Å². The van der Waals surface area contributed by atoms with Gasteiger partial charge >= 0.3 is 0 Å². The zero-order valence-corrected chi connectivity index (χ0v) is 14.4. The van der Waals surface area contributed by atoms with E-state index in [-0.39, 0.29) is 0 Å². The number of benzene rings is 4. The molecule has 0 aliphatic heterocycles. The highest BCUT2D eigenvalue weighted by Gasteiger charge is 2.23. The predicted octanol–water partition coefficient (Wildman–Crippen LogP) is 6.77. The molecule has 0 heteroatoms. The summed E-state index contributed by atoms with van der Waals surface area (Å²) >= 11 is 0. The molecule has 0 aromatic heterocycles. The highest BCUT2D eigenvalue weighted by atomic mass is 14.3. The van der Waals surface area contributed by atoms with Crippen LogP contribution in [0.5, 0.6) is 0 Å². The van der Waals surface area contributed by atoms with E-state index in [2.05, 4.69) is 91.0 Å². The first kappa shape index (κ1) is 14.1. The van der Waals surface area contributed by atoms with E-state index in [1.165, 1.54) is 49.4 Å². The Labute approximate surface area is 153 Å². The maximum absolute atomic E-state index is 2.41. The lowest BCUT2D eigenvalue weighted by atomic mass is 9.91. The fourth-order valence-corrected chi connectivity index (χ4v) is 4.65. The van der Waals surface area contributed by atoms with E-state index >= 15 is 0 Å².